The van der Waals surface area contributed by atoms with Crippen molar-refractivity contribution in [3.05, 3.63) is 175 Å². The minimum atomic E-state index is 0.701. The zero-order valence-corrected chi connectivity index (χ0v) is 29.8. The summed E-state index contributed by atoms with van der Waals surface area (Å²) in [4.78, 5) is 13.9. The maximum Gasteiger partial charge on any atom is 0.163 e. The Morgan fingerprint density at radius 3 is 1.59 bits per heavy atom. The molecule has 5 heteroatoms. The zero-order valence-electron chi connectivity index (χ0n) is 29.8. The van der Waals surface area contributed by atoms with Crippen molar-refractivity contribution in [2.75, 3.05) is 0 Å². The van der Waals surface area contributed by atoms with Gasteiger partial charge in [0, 0.05) is 38.2 Å². The van der Waals surface area contributed by atoms with Gasteiger partial charge in [-0.15, -0.1) is 0 Å². The van der Waals surface area contributed by atoms with Crippen LogP contribution in [0.2, 0.25) is 0 Å². The van der Waals surface area contributed by atoms with E-state index in [0.717, 1.165) is 33.7 Å². The van der Waals surface area contributed by atoms with E-state index in [-0.39, 0.29) is 0 Å². The molecular weight excluding hydrogens is 659 g/mol. The predicted molar refractivity (Wildman–Crippen MR) is 224 cm³/mol. The molecule has 0 saturated carbocycles. The SMILES string of the molecule is Cc1nc(C)nc(-c2ccc(-n3c4ccccc4c4cc(-c5ccc6c(c5)c5ccccc5n6-c5ccc6ccccc6c5)ccc43)c3ccccc23)n1. The lowest BCUT2D eigenvalue weighted by atomic mass is 10.0. The van der Waals surface area contributed by atoms with E-state index in [1.54, 1.807) is 0 Å². The van der Waals surface area contributed by atoms with Crippen molar-refractivity contribution in [3.8, 4) is 33.9 Å². The quantitative estimate of drug-likeness (QED) is 0.185. The first-order valence-corrected chi connectivity index (χ1v) is 18.4. The second kappa shape index (κ2) is 11.7. The molecule has 0 aliphatic carbocycles. The fourth-order valence-electron chi connectivity index (χ4n) is 8.57. The topological polar surface area (TPSA) is 48.5 Å². The summed E-state index contributed by atoms with van der Waals surface area (Å²) in [5, 5.41) is 9.67. The van der Waals surface area contributed by atoms with Gasteiger partial charge in [0.2, 0.25) is 0 Å². The maximum absolute atomic E-state index is 4.72. The van der Waals surface area contributed by atoms with Crippen LogP contribution in [0.25, 0.3) is 99.0 Å². The molecule has 0 aliphatic heterocycles. The molecule has 54 heavy (non-hydrogen) atoms. The summed E-state index contributed by atoms with van der Waals surface area (Å²) >= 11 is 0. The molecule has 0 unspecified atom stereocenters. The summed E-state index contributed by atoms with van der Waals surface area (Å²) in [6.07, 6.45) is 0. The Hall–Kier alpha value is -7.11. The molecule has 3 aromatic heterocycles. The van der Waals surface area contributed by atoms with Gasteiger partial charge in [0.15, 0.2) is 5.82 Å². The first-order valence-electron chi connectivity index (χ1n) is 18.4. The Bertz CT molecular complexity index is 3290. The van der Waals surface area contributed by atoms with Crippen molar-refractivity contribution in [2.45, 2.75) is 13.8 Å². The van der Waals surface area contributed by atoms with Gasteiger partial charge >= 0.3 is 0 Å². The predicted octanol–water partition coefficient (Wildman–Crippen LogP) is 12.3. The summed E-state index contributed by atoms with van der Waals surface area (Å²) in [7, 11) is 0. The van der Waals surface area contributed by atoms with E-state index in [4.69, 9.17) is 9.97 Å². The minimum absolute atomic E-state index is 0.701. The van der Waals surface area contributed by atoms with Gasteiger partial charge in [-0.05, 0) is 102 Å². The van der Waals surface area contributed by atoms with Crippen LogP contribution in [0.15, 0.2) is 164 Å². The van der Waals surface area contributed by atoms with Crippen molar-refractivity contribution < 1.29 is 0 Å². The average Bonchev–Trinajstić information content (AvgIpc) is 3.72. The molecular formula is C49H33N5. The number of benzene rings is 8. The zero-order chi connectivity index (χ0) is 35.9. The molecule has 5 nitrogen and oxygen atoms in total. The van der Waals surface area contributed by atoms with Crippen molar-refractivity contribution in [1.82, 2.24) is 24.1 Å². The van der Waals surface area contributed by atoms with Gasteiger partial charge in [0.25, 0.3) is 0 Å². The molecule has 3 heterocycles. The molecule has 254 valence electrons. The van der Waals surface area contributed by atoms with Gasteiger partial charge in [0.1, 0.15) is 11.6 Å². The van der Waals surface area contributed by atoms with Crippen LogP contribution in [0.5, 0.6) is 0 Å². The fraction of sp³-hybridized carbons (Fsp3) is 0.0408. The first-order chi connectivity index (χ1) is 26.6. The second-order valence-electron chi connectivity index (χ2n) is 14.1. The van der Waals surface area contributed by atoms with Crippen LogP contribution in [0.4, 0.5) is 0 Å². The molecule has 11 aromatic rings. The third kappa shape index (κ3) is 4.61. The molecule has 0 amide bonds. The number of rotatable bonds is 4. The van der Waals surface area contributed by atoms with Crippen LogP contribution in [0.3, 0.4) is 0 Å². The van der Waals surface area contributed by atoms with E-state index >= 15 is 0 Å². The van der Waals surface area contributed by atoms with Crippen LogP contribution in [0, 0.1) is 13.8 Å². The van der Waals surface area contributed by atoms with Gasteiger partial charge in [-0.25, -0.2) is 15.0 Å². The molecule has 0 saturated heterocycles. The number of aromatic nitrogens is 5. The highest BCUT2D eigenvalue weighted by molar-refractivity contribution is 6.14. The molecule has 0 atom stereocenters. The highest BCUT2D eigenvalue weighted by atomic mass is 15.0. The van der Waals surface area contributed by atoms with Crippen LogP contribution in [-0.4, -0.2) is 24.1 Å². The largest absolute Gasteiger partial charge is 0.309 e. The summed E-state index contributed by atoms with van der Waals surface area (Å²) in [5.74, 6) is 2.14. The van der Waals surface area contributed by atoms with Crippen molar-refractivity contribution >= 4 is 65.2 Å². The summed E-state index contributed by atoms with van der Waals surface area (Å²) < 4.78 is 4.81. The molecule has 11 rings (SSSR count). The van der Waals surface area contributed by atoms with Crippen molar-refractivity contribution in [2.24, 2.45) is 0 Å². The van der Waals surface area contributed by atoms with Gasteiger partial charge in [-0.2, -0.15) is 0 Å². The van der Waals surface area contributed by atoms with E-state index in [2.05, 4.69) is 178 Å². The van der Waals surface area contributed by atoms with E-state index < -0.39 is 0 Å². The molecule has 0 bridgehead atoms. The normalized spacial score (nSPS) is 11.9. The highest BCUT2D eigenvalue weighted by Crippen LogP contribution is 2.40. The number of nitrogens with zero attached hydrogens (tertiary/aromatic N) is 5. The van der Waals surface area contributed by atoms with Crippen LogP contribution in [-0.2, 0) is 0 Å². The fourth-order valence-corrected chi connectivity index (χ4v) is 8.57. The summed E-state index contributed by atoms with van der Waals surface area (Å²) in [6, 6.07) is 59.6. The Morgan fingerprint density at radius 1 is 0.370 bits per heavy atom. The number of para-hydroxylation sites is 2. The van der Waals surface area contributed by atoms with Gasteiger partial charge in [-0.3, -0.25) is 0 Å². The molecule has 0 N–H and O–H groups in total. The average molecular weight is 692 g/mol. The summed E-state index contributed by atoms with van der Waals surface area (Å²) in [6.45, 7) is 3.84. The van der Waals surface area contributed by atoms with Crippen molar-refractivity contribution in [3.63, 3.8) is 0 Å². The van der Waals surface area contributed by atoms with E-state index in [0.29, 0.717) is 5.82 Å². The number of aryl methyl sites for hydroxylation is 2. The second-order valence-corrected chi connectivity index (χ2v) is 14.1. The minimum Gasteiger partial charge on any atom is -0.309 e. The van der Waals surface area contributed by atoms with Crippen LogP contribution >= 0.6 is 0 Å². The van der Waals surface area contributed by atoms with Crippen LogP contribution < -0.4 is 0 Å². The third-order valence-electron chi connectivity index (χ3n) is 10.9. The van der Waals surface area contributed by atoms with Gasteiger partial charge in [0.05, 0.1) is 27.8 Å². The Morgan fingerprint density at radius 2 is 0.907 bits per heavy atom. The molecule has 0 spiro atoms. The smallest absolute Gasteiger partial charge is 0.163 e. The standard InChI is InChI=1S/C49H33N5/c1-30-50-31(2)52-49(51-30)41-23-26-46(38-14-6-5-13-37(38)41)54-45-18-10-8-16-40(45)43-29-35(21-25-48(43)54)34-20-24-47-42(28-34)39-15-7-9-17-44(39)53(47)36-22-19-32-11-3-4-12-33(32)27-36/h3-29H,1-2H3. The Labute approximate surface area is 311 Å². The van der Waals surface area contributed by atoms with E-state index in [1.807, 2.05) is 13.8 Å². The third-order valence-corrected chi connectivity index (χ3v) is 10.9. The van der Waals surface area contributed by atoms with Gasteiger partial charge < -0.3 is 9.13 Å². The lowest BCUT2D eigenvalue weighted by Crippen LogP contribution is -2.01. The lowest BCUT2D eigenvalue weighted by Gasteiger charge is -2.14. The number of hydrogen-bond acceptors (Lipinski definition) is 3. The number of fused-ring (bicyclic) bond motifs is 8. The van der Waals surface area contributed by atoms with E-state index in [1.165, 1.54) is 71.2 Å². The Kier molecular flexibility index (Phi) is 6.61. The molecule has 8 aromatic carbocycles. The van der Waals surface area contributed by atoms with E-state index in [9.17, 15) is 0 Å². The monoisotopic (exact) mass is 691 g/mol. The molecule has 0 fully saturated rings. The maximum atomic E-state index is 4.72. The number of hydrogen-bond donors (Lipinski definition) is 0. The highest BCUT2D eigenvalue weighted by Gasteiger charge is 2.19. The van der Waals surface area contributed by atoms with Crippen LogP contribution in [0.1, 0.15) is 11.6 Å². The first kappa shape index (κ1) is 30.5. The lowest BCUT2D eigenvalue weighted by molar-refractivity contribution is 0.929. The molecule has 0 aliphatic rings. The van der Waals surface area contributed by atoms with Gasteiger partial charge in [-0.1, -0.05) is 103 Å². The summed E-state index contributed by atoms with van der Waals surface area (Å²) in [5.41, 5.74) is 10.4. The Balaban J connectivity index is 1.09. The van der Waals surface area contributed by atoms with Crippen molar-refractivity contribution in [1.29, 1.82) is 0 Å². The molecule has 0 radical (unpaired) electrons.